The summed E-state index contributed by atoms with van der Waals surface area (Å²) in [5.74, 6) is -0.379. The van der Waals surface area contributed by atoms with E-state index in [0.29, 0.717) is 6.42 Å². The minimum atomic E-state index is -0.864. The van der Waals surface area contributed by atoms with Crippen LogP contribution in [0.2, 0.25) is 0 Å². The molecule has 1 N–H and O–H groups in total. The highest BCUT2D eigenvalue weighted by Crippen LogP contribution is 2.53. The Morgan fingerprint density at radius 3 is 2.18 bits per heavy atom. The fourth-order valence-corrected chi connectivity index (χ4v) is 2.59. The average Bonchev–Trinajstić information content (AvgIpc) is 2.81. The van der Waals surface area contributed by atoms with E-state index < -0.39 is 4.33 Å². The van der Waals surface area contributed by atoms with Gasteiger partial charge in [0.2, 0.25) is 5.91 Å². The number of carbonyl (C=O) groups is 1. The predicted octanol–water partition coefficient (Wildman–Crippen LogP) is 3.74. The molecule has 0 radical (unpaired) electrons. The second-order valence-electron chi connectivity index (χ2n) is 4.78. The van der Waals surface area contributed by atoms with E-state index in [0.717, 1.165) is 16.8 Å². The first kappa shape index (κ1) is 12.7. The molecule has 0 bridgehead atoms. The van der Waals surface area contributed by atoms with Crippen molar-refractivity contribution in [3.8, 4) is 0 Å². The molecule has 0 saturated heterocycles. The van der Waals surface area contributed by atoms with Crippen molar-refractivity contribution in [1.82, 2.24) is 0 Å². The van der Waals surface area contributed by atoms with Crippen molar-refractivity contribution in [2.45, 2.75) is 31.5 Å². The fourth-order valence-electron chi connectivity index (χ4n) is 2.09. The zero-order valence-corrected chi connectivity index (χ0v) is 11.6. The Hall–Kier alpha value is -0.730. The van der Waals surface area contributed by atoms with Crippen LogP contribution in [0.1, 0.15) is 23.1 Å². The molecule has 2 nitrogen and oxygen atoms in total. The Morgan fingerprint density at radius 2 is 1.76 bits per heavy atom. The van der Waals surface area contributed by atoms with Gasteiger partial charge in [0.25, 0.3) is 0 Å². The number of alkyl halides is 2. The van der Waals surface area contributed by atoms with Gasteiger partial charge in [-0.05, 0) is 38.3 Å². The van der Waals surface area contributed by atoms with Crippen molar-refractivity contribution in [1.29, 1.82) is 0 Å². The highest BCUT2D eigenvalue weighted by molar-refractivity contribution is 6.52. The molecule has 0 heterocycles. The summed E-state index contributed by atoms with van der Waals surface area (Å²) in [5.41, 5.74) is 4.18. The smallest absolute Gasteiger partial charge is 0.230 e. The topological polar surface area (TPSA) is 29.1 Å². The quantitative estimate of drug-likeness (QED) is 0.816. The molecular formula is C13H15Cl2NO. The lowest BCUT2D eigenvalue weighted by atomic mass is 10.0. The minimum Gasteiger partial charge on any atom is -0.325 e. The first-order valence-corrected chi connectivity index (χ1v) is 6.33. The molecule has 92 valence electrons. The standard InChI is InChI=1S/C13H15Cl2NO/c1-7-4-8(2)11(9(3)5-7)16-12(17)10-6-13(10,14)15/h4-5,10H,6H2,1-3H3,(H,16,17)/t10-/m0/s1. The van der Waals surface area contributed by atoms with Gasteiger partial charge in [0.1, 0.15) is 4.33 Å². The second-order valence-corrected chi connectivity index (χ2v) is 6.32. The zero-order chi connectivity index (χ0) is 12.8. The number of hydrogen-bond acceptors (Lipinski definition) is 1. The molecule has 1 fully saturated rings. The summed E-state index contributed by atoms with van der Waals surface area (Å²) in [6, 6.07) is 4.09. The maximum Gasteiger partial charge on any atom is 0.230 e. The number of halogens is 2. The summed E-state index contributed by atoms with van der Waals surface area (Å²) >= 11 is 11.8. The van der Waals surface area contributed by atoms with Gasteiger partial charge < -0.3 is 5.32 Å². The van der Waals surface area contributed by atoms with Gasteiger partial charge >= 0.3 is 0 Å². The number of aryl methyl sites for hydroxylation is 3. The van der Waals surface area contributed by atoms with Crippen LogP contribution in [-0.2, 0) is 4.79 Å². The Labute approximate surface area is 111 Å². The van der Waals surface area contributed by atoms with Crippen LogP contribution in [-0.4, -0.2) is 10.2 Å². The highest BCUT2D eigenvalue weighted by atomic mass is 35.5. The molecular weight excluding hydrogens is 257 g/mol. The number of rotatable bonds is 2. The molecule has 17 heavy (non-hydrogen) atoms. The van der Waals surface area contributed by atoms with Gasteiger partial charge in [-0.2, -0.15) is 0 Å². The maximum absolute atomic E-state index is 11.9. The second kappa shape index (κ2) is 4.18. The molecule has 1 aliphatic rings. The van der Waals surface area contributed by atoms with Gasteiger partial charge in [-0.1, -0.05) is 17.7 Å². The molecule has 0 aliphatic heterocycles. The van der Waals surface area contributed by atoms with Gasteiger partial charge in [0, 0.05) is 5.69 Å². The maximum atomic E-state index is 11.9. The lowest BCUT2D eigenvalue weighted by Gasteiger charge is -2.12. The third-order valence-corrected chi connectivity index (χ3v) is 3.90. The van der Waals surface area contributed by atoms with E-state index >= 15 is 0 Å². The van der Waals surface area contributed by atoms with E-state index in [1.165, 1.54) is 5.56 Å². The Balaban J connectivity index is 2.17. The van der Waals surface area contributed by atoms with Crippen LogP contribution in [0.3, 0.4) is 0 Å². The Bertz CT molecular complexity index is 459. The lowest BCUT2D eigenvalue weighted by molar-refractivity contribution is -0.117. The van der Waals surface area contributed by atoms with Gasteiger partial charge in [0.05, 0.1) is 5.92 Å². The molecule has 1 aromatic carbocycles. The average molecular weight is 272 g/mol. The van der Waals surface area contributed by atoms with Crippen LogP contribution in [0.15, 0.2) is 12.1 Å². The Kier molecular flexibility index (Phi) is 3.13. The summed E-state index contributed by atoms with van der Waals surface area (Å²) in [6.07, 6.45) is 0.534. The van der Waals surface area contributed by atoms with Crippen molar-refractivity contribution >= 4 is 34.8 Å². The van der Waals surface area contributed by atoms with Crippen molar-refractivity contribution in [2.75, 3.05) is 5.32 Å². The van der Waals surface area contributed by atoms with Crippen molar-refractivity contribution in [3.05, 3.63) is 28.8 Å². The van der Waals surface area contributed by atoms with Gasteiger partial charge in [0.15, 0.2) is 0 Å². The summed E-state index contributed by atoms with van der Waals surface area (Å²) < 4.78 is -0.864. The van der Waals surface area contributed by atoms with Crippen molar-refractivity contribution < 1.29 is 4.79 Å². The third-order valence-electron chi connectivity index (χ3n) is 3.07. The van der Waals surface area contributed by atoms with E-state index in [9.17, 15) is 4.79 Å². The number of carbonyl (C=O) groups excluding carboxylic acids is 1. The number of anilines is 1. The van der Waals surface area contributed by atoms with Gasteiger partial charge in [-0.15, -0.1) is 23.2 Å². The summed E-state index contributed by atoms with van der Waals surface area (Å²) in [6.45, 7) is 6.00. The van der Waals surface area contributed by atoms with Crippen molar-refractivity contribution in [2.24, 2.45) is 5.92 Å². The first-order valence-electron chi connectivity index (χ1n) is 5.58. The van der Waals surface area contributed by atoms with Gasteiger partial charge in [-0.25, -0.2) is 0 Å². The predicted molar refractivity (Wildman–Crippen MR) is 71.8 cm³/mol. The van der Waals surface area contributed by atoms with E-state index in [2.05, 4.69) is 5.32 Å². The van der Waals surface area contributed by atoms with Crippen LogP contribution < -0.4 is 5.32 Å². The third kappa shape index (κ3) is 2.58. The van der Waals surface area contributed by atoms with E-state index in [1.807, 2.05) is 32.9 Å². The van der Waals surface area contributed by atoms with Crippen LogP contribution in [0, 0.1) is 26.7 Å². The molecule has 1 atom stereocenters. The Morgan fingerprint density at radius 1 is 1.29 bits per heavy atom. The SMILES string of the molecule is Cc1cc(C)c(NC(=O)[C@@H]2CC2(Cl)Cl)c(C)c1. The van der Waals surface area contributed by atoms with E-state index in [1.54, 1.807) is 0 Å². The molecule has 1 aliphatic carbocycles. The molecule has 2 rings (SSSR count). The number of benzene rings is 1. The number of nitrogens with one attached hydrogen (secondary N) is 1. The monoisotopic (exact) mass is 271 g/mol. The van der Waals surface area contributed by atoms with Crippen LogP contribution in [0.25, 0.3) is 0 Å². The molecule has 1 saturated carbocycles. The molecule has 1 amide bonds. The van der Waals surface area contributed by atoms with Crippen molar-refractivity contribution in [3.63, 3.8) is 0 Å². The summed E-state index contributed by atoms with van der Waals surface area (Å²) in [7, 11) is 0. The van der Waals surface area contributed by atoms with E-state index in [-0.39, 0.29) is 11.8 Å². The lowest BCUT2D eigenvalue weighted by Crippen LogP contribution is -2.18. The molecule has 0 unspecified atom stereocenters. The van der Waals surface area contributed by atoms with Crippen LogP contribution in [0.5, 0.6) is 0 Å². The molecule has 1 aromatic rings. The molecule has 0 spiro atoms. The highest BCUT2D eigenvalue weighted by Gasteiger charge is 2.56. The number of hydrogen-bond donors (Lipinski definition) is 1. The van der Waals surface area contributed by atoms with Crippen LogP contribution in [0.4, 0.5) is 5.69 Å². The molecule has 4 heteroatoms. The fraction of sp³-hybridized carbons (Fsp3) is 0.462. The first-order chi connectivity index (χ1) is 7.81. The molecule has 0 aromatic heterocycles. The van der Waals surface area contributed by atoms with Crippen LogP contribution >= 0.6 is 23.2 Å². The largest absolute Gasteiger partial charge is 0.325 e. The van der Waals surface area contributed by atoms with Gasteiger partial charge in [-0.3, -0.25) is 4.79 Å². The summed E-state index contributed by atoms with van der Waals surface area (Å²) in [4.78, 5) is 11.9. The zero-order valence-electron chi connectivity index (χ0n) is 10.1. The summed E-state index contributed by atoms with van der Waals surface area (Å²) in [5, 5.41) is 2.92. The minimum absolute atomic E-state index is 0.0925. The normalized spacial score (nSPS) is 21.1. The van der Waals surface area contributed by atoms with E-state index in [4.69, 9.17) is 23.2 Å². The number of amides is 1.